The molecule has 3 aliphatic rings. The highest BCUT2D eigenvalue weighted by atomic mass is 35.5. The maximum absolute atomic E-state index is 13.4. The molecule has 3 saturated heterocycles. The lowest BCUT2D eigenvalue weighted by atomic mass is 9.90. The first kappa shape index (κ1) is 19.1. The van der Waals surface area contributed by atoms with Crippen LogP contribution in [0.4, 0.5) is 15.8 Å². The molecule has 0 spiro atoms. The fraction of sp³-hybridized carbons (Fsp3) is 0.300. The molecule has 2 amide bonds. The number of benzene rings is 2. The molecule has 30 heavy (non-hydrogen) atoms. The van der Waals surface area contributed by atoms with Crippen molar-refractivity contribution < 1.29 is 18.9 Å². The summed E-state index contributed by atoms with van der Waals surface area (Å²) in [5, 5.41) is 15.1. The molecule has 5 rings (SSSR count). The van der Waals surface area contributed by atoms with Crippen LogP contribution in [0.25, 0.3) is 0 Å². The summed E-state index contributed by atoms with van der Waals surface area (Å²) >= 11 is 5.88. The van der Waals surface area contributed by atoms with E-state index in [1.54, 1.807) is 12.1 Å². The van der Waals surface area contributed by atoms with Crippen LogP contribution in [-0.2, 0) is 9.59 Å². The molecule has 0 bridgehead atoms. The van der Waals surface area contributed by atoms with Crippen molar-refractivity contribution in [3.63, 3.8) is 0 Å². The van der Waals surface area contributed by atoms with Gasteiger partial charge in [-0.15, -0.1) is 0 Å². The molecule has 0 radical (unpaired) electrons. The molecule has 0 N–H and O–H groups in total. The largest absolute Gasteiger partial charge is 0.289 e. The van der Waals surface area contributed by atoms with Gasteiger partial charge in [0.1, 0.15) is 16.9 Å². The van der Waals surface area contributed by atoms with E-state index in [-0.39, 0.29) is 22.2 Å². The van der Waals surface area contributed by atoms with Crippen molar-refractivity contribution in [1.82, 2.24) is 10.0 Å². The maximum Gasteiger partial charge on any atom is 0.289 e. The van der Waals surface area contributed by atoms with Crippen LogP contribution >= 0.6 is 11.6 Å². The lowest BCUT2D eigenvalue weighted by Gasteiger charge is -2.29. The van der Waals surface area contributed by atoms with Crippen molar-refractivity contribution in [3.8, 4) is 0 Å². The quantitative estimate of drug-likeness (QED) is 0.423. The van der Waals surface area contributed by atoms with Crippen LogP contribution in [-0.4, -0.2) is 45.9 Å². The predicted octanol–water partition coefficient (Wildman–Crippen LogP) is 2.92. The van der Waals surface area contributed by atoms with Crippen molar-refractivity contribution in [2.45, 2.75) is 18.5 Å². The Labute approximate surface area is 175 Å². The molecule has 0 aliphatic carbocycles. The van der Waals surface area contributed by atoms with Gasteiger partial charge in [0.05, 0.1) is 22.6 Å². The first-order valence-electron chi connectivity index (χ1n) is 9.49. The van der Waals surface area contributed by atoms with E-state index in [2.05, 4.69) is 0 Å². The molecular formula is C20H16ClFN4O4. The Balaban J connectivity index is 1.58. The van der Waals surface area contributed by atoms with Crippen molar-refractivity contribution in [1.29, 1.82) is 0 Å². The smallest absolute Gasteiger partial charge is 0.274 e. The molecule has 2 aromatic rings. The molecule has 3 fully saturated rings. The molecule has 10 heteroatoms. The summed E-state index contributed by atoms with van der Waals surface area (Å²) < 4.78 is 13.4. The third kappa shape index (κ3) is 2.66. The third-order valence-corrected chi connectivity index (χ3v) is 6.32. The molecule has 3 atom stereocenters. The summed E-state index contributed by atoms with van der Waals surface area (Å²) in [6.45, 7) is 1.33. The van der Waals surface area contributed by atoms with Gasteiger partial charge in [0, 0.05) is 19.2 Å². The predicted molar refractivity (Wildman–Crippen MR) is 105 cm³/mol. The molecule has 0 aromatic heterocycles. The summed E-state index contributed by atoms with van der Waals surface area (Å²) in [5.74, 6) is -1.91. The lowest BCUT2D eigenvalue weighted by Crippen LogP contribution is -2.44. The molecule has 2 aromatic carbocycles. The average molecular weight is 431 g/mol. The minimum atomic E-state index is -0.690. The second kappa shape index (κ2) is 6.83. The number of hydrogen-bond donors (Lipinski definition) is 0. The second-order valence-corrected chi connectivity index (χ2v) is 7.96. The summed E-state index contributed by atoms with van der Waals surface area (Å²) in [5.41, 5.74) is 0.504. The van der Waals surface area contributed by atoms with Gasteiger partial charge in [-0.1, -0.05) is 23.7 Å². The van der Waals surface area contributed by atoms with Gasteiger partial charge in [-0.25, -0.2) is 19.3 Å². The summed E-state index contributed by atoms with van der Waals surface area (Å²) in [7, 11) is 0. The normalized spacial score (nSPS) is 26.3. The van der Waals surface area contributed by atoms with Crippen LogP contribution in [0.1, 0.15) is 18.0 Å². The van der Waals surface area contributed by atoms with Crippen molar-refractivity contribution in [2.75, 3.05) is 18.0 Å². The van der Waals surface area contributed by atoms with Crippen molar-refractivity contribution >= 4 is 34.8 Å². The topological polar surface area (TPSA) is 87.0 Å². The number of imide groups is 1. The minimum absolute atomic E-state index is 0.0713. The summed E-state index contributed by atoms with van der Waals surface area (Å²) in [4.78, 5) is 38.3. The fourth-order valence-corrected chi connectivity index (χ4v) is 4.99. The van der Waals surface area contributed by atoms with E-state index >= 15 is 0 Å². The molecule has 0 unspecified atom stereocenters. The van der Waals surface area contributed by atoms with E-state index in [4.69, 9.17) is 11.6 Å². The van der Waals surface area contributed by atoms with Gasteiger partial charge in [0.2, 0.25) is 5.91 Å². The Bertz CT molecular complexity index is 1080. The lowest BCUT2D eigenvalue weighted by molar-refractivity contribution is -0.384. The van der Waals surface area contributed by atoms with E-state index in [0.29, 0.717) is 13.1 Å². The van der Waals surface area contributed by atoms with Gasteiger partial charge < -0.3 is 0 Å². The molecular weight excluding hydrogens is 415 g/mol. The van der Waals surface area contributed by atoms with Crippen LogP contribution in [0.5, 0.6) is 0 Å². The maximum atomic E-state index is 13.4. The van der Waals surface area contributed by atoms with Gasteiger partial charge in [-0.05, 0) is 36.2 Å². The highest BCUT2D eigenvalue weighted by molar-refractivity contribution is 6.33. The molecule has 154 valence electrons. The SMILES string of the molecule is O=C1[C@H]2[C@@H](C(=O)N1c1ccc(Cl)c([N+](=O)[O-])c1)N1CCCN1[C@H]2c1ccc(F)cc1. The Morgan fingerprint density at radius 3 is 2.33 bits per heavy atom. The Morgan fingerprint density at radius 2 is 1.67 bits per heavy atom. The van der Waals surface area contributed by atoms with Crippen molar-refractivity contribution in [2.24, 2.45) is 5.92 Å². The molecule has 3 heterocycles. The number of fused-ring (bicyclic) bond motifs is 3. The van der Waals surface area contributed by atoms with Gasteiger partial charge in [-0.3, -0.25) is 19.7 Å². The number of hydrogen-bond acceptors (Lipinski definition) is 6. The number of anilines is 1. The van der Waals surface area contributed by atoms with Crippen molar-refractivity contribution in [3.05, 3.63) is 69.0 Å². The number of halogens is 2. The van der Waals surface area contributed by atoms with E-state index in [0.717, 1.165) is 23.0 Å². The van der Waals surface area contributed by atoms with Gasteiger partial charge in [-0.2, -0.15) is 0 Å². The zero-order chi connectivity index (χ0) is 21.2. The van der Waals surface area contributed by atoms with Crippen LogP contribution in [0.3, 0.4) is 0 Å². The highest BCUT2D eigenvalue weighted by Gasteiger charge is 2.62. The monoisotopic (exact) mass is 430 g/mol. The number of nitrogens with zero attached hydrogens (tertiary/aromatic N) is 4. The van der Waals surface area contributed by atoms with Gasteiger partial charge >= 0.3 is 0 Å². The number of rotatable bonds is 3. The minimum Gasteiger partial charge on any atom is -0.274 e. The number of carbonyl (C=O) groups excluding carboxylic acids is 2. The van der Waals surface area contributed by atoms with E-state index in [9.17, 15) is 24.1 Å². The average Bonchev–Trinajstić information content (AvgIpc) is 3.36. The highest BCUT2D eigenvalue weighted by Crippen LogP contribution is 2.49. The summed E-state index contributed by atoms with van der Waals surface area (Å²) in [6.07, 6.45) is 0.842. The zero-order valence-electron chi connectivity index (χ0n) is 15.6. The first-order valence-corrected chi connectivity index (χ1v) is 9.86. The van der Waals surface area contributed by atoms with Gasteiger partial charge in [0.25, 0.3) is 11.6 Å². The Hall–Kier alpha value is -2.88. The number of carbonyl (C=O) groups is 2. The molecule has 8 nitrogen and oxygen atoms in total. The van der Waals surface area contributed by atoms with E-state index < -0.39 is 34.7 Å². The Morgan fingerprint density at radius 1 is 1.00 bits per heavy atom. The van der Waals surface area contributed by atoms with Crippen LogP contribution in [0.2, 0.25) is 5.02 Å². The molecule has 0 saturated carbocycles. The number of hydrazine groups is 1. The zero-order valence-corrected chi connectivity index (χ0v) is 16.3. The van der Waals surface area contributed by atoms with Crippen LogP contribution in [0.15, 0.2) is 42.5 Å². The van der Waals surface area contributed by atoms with Crippen LogP contribution in [0, 0.1) is 21.8 Å². The standard InChI is InChI=1S/C20H16ClFN4O4/c21-14-7-6-13(10-15(14)26(29)30)25-19(27)16-17(11-2-4-12(22)5-3-11)23-8-1-9-24(23)18(16)20(25)28/h2-7,10,16-18H,1,8-9H2/t16-,17+,18+/m1/s1. The van der Waals surface area contributed by atoms with E-state index in [1.807, 2.05) is 10.0 Å². The third-order valence-electron chi connectivity index (χ3n) is 6.00. The fourth-order valence-electron chi connectivity index (χ4n) is 4.81. The Kier molecular flexibility index (Phi) is 4.35. The first-order chi connectivity index (χ1) is 14.4. The number of nitro benzene ring substituents is 1. The van der Waals surface area contributed by atoms with Crippen LogP contribution < -0.4 is 4.90 Å². The summed E-state index contributed by atoms with van der Waals surface area (Å²) in [6, 6.07) is 8.73. The van der Waals surface area contributed by atoms with E-state index in [1.165, 1.54) is 24.3 Å². The second-order valence-electron chi connectivity index (χ2n) is 7.55. The van der Waals surface area contributed by atoms with Gasteiger partial charge in [0.15, 0.2) is 0 Å². The number of amides is 2. The molecule has 3 aliphatic heterocycles. The number of nitro groups is 1.